The summed E-state index contributed by atoms with van der Waals surface area (Å²) in [5.41, 5.74) is 7.02. The van der Waals surface area contributed by atoms with Gasteiger partial charge in [-0.05, 0) is 79.4 Å². The van der Waals surface area contributed by atoms with Crippen LogP contribution >= 0.6 is 11.6 Å². The van der Waals surface area contributed by atoms with E-state index in [-0.39, 0.29) is 4.90 Å². The average molecular weight is 470 g/mol. The van der Waals surface area contributed by atoms with E-state index in [0.717, 1.165) is 21.0 Å². The molecule has 0 aliphatic heterocycles. The maximum Gasteiger partial charge on any atom is 0.264 e. The van der Waals surface area contributed by atoms with Crippen molar-refractivity contribution >= 4 is 39.4 Å². The molecule has 32 heavy (non-hydrogen) atoms. The van der Waals surface area contributed by atoms with Crippen molar-refractivity contribution in [3.05, 3.63) is 94.0 Å². The van der Waals surface area contributed by atoms with Gasteiger partial charge in [-0.25, -0.2) is 13.8 Å². The van der Waals surface area contributed by atoms with Crippen molar-refractivity contribution in [2.75, 3.05) is 10.8 Å². The molecule has 3 rings (SSSR count). The van der Waals surface area contributed by atoms with E-state index in [9.17, 15) is 13.2 Å². The summed E-state index contributed by atoms with van der Waals surface area (Å²) in [5, 5.41) is 4.48. The molecule has 0 aliphatic carbocycles. The monoisotopic (exact) mass is 469 g/mol. The largest absolute Gasteiger partial charge is 0.271 e. The van der Waals surface area contributed by atoms with Crippen LogP contribution in [0.15, 0.2) is 76.7 Å². The number of hydrogen-bond donors (Lipinski definition) is 1. The summed E-state index contributed by atoms with van der Waals surface area (Å²) >= 11 is 5.95. The second-order valence-electron chi connectivity index (χ2n) is 7.32. The van der Waals surface area contributed by atoms with Crippen molar-refractivity contribution in [3.63, 3.8) is 0 Å². The zero-order valence-corrected chi connectivity index (χ0v) is 19.6. The molecular weight excluding hydrogens is 446 g/mol. The van der Waals surface area contributed by atoms with Crippen LogP contribution in [0.3, 0.4) is 0 Å². The highest BCUT2D eigenvalue weighted by atomic mass is 35.5. The first-order valence-corrected chi connectivity index (χ1v) is 11.7. The summed E-state index contributed by atoms with van der Waals surface area (Å²) < 4.78 is 27.5. The number of rotatable bonds is 7. The fraction of sp³-hybridized carbons (Fsp3) is 0.167. The zero-order valence-electron chi connectivity index (χ0n) is 18.0. The number of nitrogens with one attached hydrogen (secondary N) is 1. The Balaban J connectivity index is 1.83. The lowest BCUT2D eigenvalue weighted by Crippen LogP contribution is -2.39. The SMILES string of the molecule is Cc1ccc(/C=N\NC(=O)CN(c2ccc(Cl)cc2)S(=O)(=O)c2ccccc2)c(C)c1C. The van der Waals surface area contributed by atoms with Crippen LogP contribution in [0.25, 0.3) is 0 Å². The predicted molar refractivity (Wildman–Crippen MR) is 129 cm³/mol. The van der Waals surface area contributed by atoms with E-state index in [1.807, 2.05) is 32.9 Å². The van der Waals surface area contributed by atoms with Crippen LogP contribution in [0.2, 0.25) is 5.02 Å². The number of nitrogens with zero attached hydrogens (tertiary/aromatic N) is 2. The Kier molecular flexibility index (Phi) is 7.33. The van der Waals surface area contributed by atoms with Gasteiger partial charge in [0.1, 0.15) is 6.54 Å². The van der Waals surface area contributed by atoms with Gasteiger partial charge in [0.25, 0.3) is 15.9 Å². The van der Waals surface area contributed by atoms with Gasteiger partial charge in [-0.15, -0.1) is 0 Å². The van der Waals surface area contributed by atoms with E-state index in [1.165, 1.54) is 17.7 Å². The normalized spacial score (nSPS) is 11.5. The summed E-state index contributed by atoms with van der Waals surface area (Å²) in [5.74, 6) is -0.572. The Bertz CT molecular complexity index is 1240. The van der Waals surface area contributed by atoms with Gasteiger partial charge in [-0.1, -0.05) is 41.9 Å². The molecule has 8 heteroatoms. The van der Waals surface area contributed by atoms with Crippen molar-refractivity contribution < 1.29 is 13.2 Å². The number of hydrogen-bond acceptors (Lipinski definition) is 4. The fourth-order valence-electron chi connectivity index (χ4n) is 3.10. The summed E-state index contributed by atoms with van der Waals surface area (Å²) in [6, 6.07) is 18.1. The Hall–Kier alpha value is -3.16. The summed E-state index contributed by atoms with van der Waals surface area (Å²) in [4.78, 5) is 12.7. The Morgan fingerprint density at radius 1 is 0.969 bits per heavy atom. The van der Waals surface area contributed by atoms with Gasteiger partial charge in [0.2, 0.25) is 0 Å². The van der Waals surface area contributed by atoms with Crippen molar-refractivity contribution in [1.82, 2.24) is 5.43 Å². The van der Waals surface area contributed by atoms with E-state index in [4.69, 9.17) is 11.6 Å². The highest BCUT2D eigenvalue weighted by Crippen LogP contribution is 2.25. The quantitative estimate of drug-likeness (QED) is 0.405. The van der Waals surface area contributed by atoms with E-state index in [0.29, 0.717) is 10.7 Å². The number of aryl methyl sites for hydroxylation is 1. The first-order chi connectivity index (χ1) is 15.2. The smallest absolute Gasteiger partial charge is 0.264 e. The van der Waals surface area contributed by atoms with Gasteiger partial charge in [0.05, 0.1) is 16.8 Å². The van der Waals surface area contributed by atoms with Crippen LogP contribution in [-0.4, -0.2) is 27.1 Å². The molecule has 0 bridgehead atoms. The topological polar surface area (TPSA) is 78.8 Å². The summed E-state index contributed by atoms with van der Waals surface area (Å²) in [6.07, 6.45) is 1.55. The lowest BCUT2D eigenvalue weighted by atomic mass is 10.00. The molecule has 1 N–H and O–H groups in total. The molecule has 166 valence electrons. The van der Waals surface area contributed by atoms with Gasteiger partial charge < -0.3 is 0 Å². The van der Waals surface area contributed by atoms with E-state index in [2.05, 4.69) is 10.5 Å². The van der Waals surface area contributed by atoms with Crippen LogP contribution in [0.5, 0.6) is 0 Å². The number of carbonyl (C=O) groups is 1. The first kappa shape index (κ1) is 23.5. The molecule has 0 radical (unpaired) electrons. The maximum atomic E-state index is 13.2. The third-order valence-corrected chi connectivity index (χ3v) is 7.27. The Labute approximate surface area is 193 Å². The number of benzene rings is 3. The second kappa shape index (κ2) is 9.97. The third kappa shape index (κ3) is 5.36. The third-order valence-electron chi connectivity index (χ3n) is 5.23. The second-order valence-corrected chi connectivity index (χ2v) is 9.61. The Morgan fingerprint density at radius 3 is 2.28 bits per heavy atom. The maximum absolute atomic E-state index is 13.2. The van der Waals surface area contributed by atoms with Crippen LogP contribution in [-0.2, 0) is 14.8 Å². The van der Waals surface area contributed by atoms with Crippen molar-refractivity contribution in [2.24, 2.45) is 5.10 Å². The van der Waals surface area contributed by atoms with Crippen molar-refractivity contribution in [2.45, 2.75) is 25.7 Å². The van der Waals surface area contributed by atoms with Gasteiger partial charge >= 0.3 is 0 Å². The molecule has 0 saturated heterocycles. The van der Waals surface area contributed by atoms with Crippen molar-refractivity contribution in [1.29, 1.82) is 0 Å². The minimum Gasteiger partial charge on any atom is -0.271 e. The van der Waals surface area contributed by atoms with E-state index >= 15 is 0 Å². The van der Waals surface area contributed by atoms with E-state index in [1.54, 1.807) is 48.7 Å². The molecule has 1 amide bonds. The summed E-state index contributed by atoms with van der Waals surface area (Å²) in [6.45, 7) is 5.60. The van der Waals surface area contributed by atoms with Crippen LogP contribution in [0.4, 0.5) is 5.69 Å². The summed E-state index contributed by atoms with van der Waals surface area (Å²) in [7, 11) is -3.98. The average Bonchev–Trinajstić information content (AvgIpc) is 2.78. The minimum atomic E-state index is -3.98. The molecule has 6 nitrogen and oxygen atoms in total. The highest BCUT2D eigenvalue weighted by Gasteiger charge is 2.27. The van der Waals surface area contributed by atoms with Gasteiger partial charge in [-0.3, -0.25) is 9.10 Å². The number of halogens is 1. The highest BCUT2D eigenvalue weighted by molar-refractivity contribution is 7.92. The van der Waals surface area contributed by atoms with Gasteiger partial charge in [0, 0.05) is 5.02 Å². The standard InChI is InChI=1S/C24H24ClN3O3S/c1-17-9-10-20(19(3)18(17)2)15-26-27-24(29)16-28(22-13-11-21(25)12-14-22)32(30,31)23-7-5-4-6-8-23/h4-15H,16H2,1-3H3,(H,27,29)/b26-15-. The molecule has 3 aromatic rings. The zero-order chi connectivity index (χ0) is 23.3. The molecular formula is C24H24ClN3O3S. The minimum absolute atomic E-state index is 0.0806. The fourth-order valence-corrected chi connectivity index (χ4v) is 4.67. The Morgan fingerprint density at radius 2 is 1.62 bits per heavy atom. The lowest BCUT2D eigenvalue weighted by Gasteiger charge is -2.23. The number of amides is 1. The molecule has 0 saturated carbocycles. The molecule has 3 aromatic carbocycles. The first-order valence-electron chi connectivity index (χ1n) is 9.92. The van der Waals surface area contributed by atoms with Gasteiger partial charge in [0.15, 0.2) is 0 Å². The van der Waals surface area contributed by atoms with Crippen molar-refractivity contribution in [3.8, 4) is 0 Å². The molecule has 0 spiro atoms. The molecule has 0 unspecified atom stereocenters. The molecule has 0 atom stereocenters. The number of sulfonamides is 1. The molecule has 0 fully saturated rings. The molecule has 0 aliphatic rings. The predicted octanol–water partition coefficient (Wildman–Crippen LogP) is 4.61. The van der Waals surface area contributed by atoms with Crippen LogP contribution in [0, 0.1) is 20.8 Å². The van der Waals surface area contributed by atoms with Crippen LogP contribution < -0.4 is 9.73 Å². The lowest BCUT2D eigenvalue weighted by molar-refractivity contribution is -0.119. The number of carbonyl (C=O) groups excluding carboxylic acids is 1. The van der Waals surface area contributed by atoms with Crippen LogP contribution in [0.1, 0.15) is 22.3 Å². The number of anilines is 1. The van der Waals surface area contributed by atoms with E-state index < -0.39 is 22.5 Å². The molecule has 0 heterocycles. The molecule has 0 aromatic heterocycles. The number of hydrazone groups is 1. The van der Waals surface area contributed by atoms with Gasteiger partial charge in [-0.2, -0.15) is 5.10 Å².